The molecule has 0 bridgehead atoms. The molecule has 6 nitrogen and oxygen atoms in total. The minimum absolute atomic E-state index is 0.0948. The van der Waals surface area contributed by atoms with Crippen molar-refractivity contribution < 1.29 is 4.79 Å². The molecule has 2 aromatic heterocycles. The van der Waals surface area contributed by atoms with Crippen LogP contribution in [0.1, 0.15) is 28.4 Å². The van der Waals surface area contributed by atoms with Gasteiger partial charge in [0.15, 0.2) is 0 Å². The number of rotatable bonds is 3. The van der Waals surface area contributed by atoms with Crippen molar-refractivity contribution in [2.45, 2.75) is 26.3 Å². The standard InChI is InChI=1S/C14H19N5O/c1-10-7-12(17-18(10)2)14(20)16-9-11-3-5-19-6-4-15-13(19)8-11/h4,6-7,11H,3,5,8-9H2,1-2H3,(H,16,20). The number of aryl methyl sites for hydroxylation is 3. The molecule has 1 unspecified atom stereocenters. The molecule has 0 saturated heterocycles. The van der Waals surface area contributed by atoms with E-state index in [-0.39, 0.29) is 5.91 Å². The number of aromatic nitrogens is 4. The van der Waals surface area contributed by atoms with Crippen molar-refractivity contribution in [2.75, 3.05) is 6.54 Å². The van der Waals surface area contributed by atoms with Crippen LogP contribution in [0.15, 0.2) is 18.5 Å². The Morgan fingerprint density at radius 2 is 2.40 bits per heavy atom. The number of hydrogen-bond acceptors (Lipinski definition) is 3. The minimum Gasteiger partial charge on any atom is -0.350 e. The molecule has 0 saturated carbocycles. The van der Waals surface area contributed by atoms with E-state index in [4.69, 9.17) is 0 Å². The summed E-state index contributed by atoms with van der Waals surface area (Å²) < 4.78 is 3.90. The molecule has 1 atom stereocenters. The normalized spacial score (nSPS) is 17.8. The first-order chi connectivity index (χ1) is 9.63. The lowest BCUT2D eigenvalue weighted by Gasteiger charge is -2.23. The molecule has 0 aromatic carbocycles. The SMILES string of the molecule is Cc1cc(C(=O)NCC2CCn3ccnc3C2)nn1C. The average molecular weight is 273 g/mol. The van der Waals surface area contributed by atoms with Crippen molar-refractivity contribution in [3.05, 3.63) is 35.7 Å². The summed E-state index contributed by atoms with van der Waals surface area (Å²) in [4.78, 5) is 16.4. The van der Waals surface area contributed by atoms with Crippen LogP contribution in [0.3, 0.4) is 0 Å². The first kappa shape index (κ1) is 12.9. The Bertz CT molecular complexity index is 608. The second-order valence-corrected chi connectivity index (χ2v) is 5.40. The highest BCUT2D eigenvalue weighted by molar-refractivity contribution is 5.92. The van der Waals surface area contributed by atoms with Gasteiger partial charge in [-0.3, -0.25) is 9.48 Å². The smallest absolute Gasteiger partial charge is 0.271 e. The molecule has 3 heterocycles. The Labute approximate surface area is 117 Å². The molecule has 1 N–H and O–H groups in total. The third-order valence-electron chi connectivity index (χ3n) is 3.95. The van der Waals surface area contributed by atoms with E-state index >= 15 is 0 Å². The second kappa shape index (κ2) is 5.11. The molecular weight excluding hydrogens is 254 g/mol. The zero-order chi connectivity index (χ0) is 14.1. The lowest BCUT2D eigenvalue weighted by atomic mass is 9.98. The van der Waals surface area contributed by atoms with E-state index in [0.29, 0.717) is 18.2 Å². The van der Waals surface area contributed by atoms with Gasteiger partial charge in [0.05, 0.1) is 0 Å². The van der Waals surface area contributed by atoms with Gasteiger partial charge in [-0.2, -0.15) is 5.10 Å². The highest BCUT2D eigenvalue weighted by atomic mass is 16.1. The predicted octanol–water partition coefficient (Wildman–Crippen LogP) is 0.917. The molecule has 106 valence electrons. The number of fused-ring (bicyclic) bond motifs is 1. The zero-order valence-corrected chi connectivity index (χ0v) is 11.8. The van der Waals surface area contributed by atoms with Gasteiger partial charge in [-0.25, -0.2) is 4.98 Å². The van der Waals surface area contributed by atoms with E-state index in [0.717, 1.165) is 30.9 Å². The van der Waals surface area contributed by atoms with Crippen LogP contribution in [0.25, 0.3) is 0 Å². The number of hydrogen-bond donors (Lipinski definition) is 1. The van der Waals surface area contributed by atoms with Crippen LogP contribution in [0.5, 0.6) is 0 Å². The monoisotopic (exact) mass is 273 g/mol. The molecule has 6 heteroatoms. The van der Waals surface area contributed by atoms with Crippen molar-refractivity contribution in [2.24, 2.45) is 13.0 Å². The maximum Gasteiger partial charge on any atom is 0.271 e. The van der Waals surface area contributed by atoms with Crippen LogP contribution in [0.4, 0.5) is 0 Å². The van der Waals surface area contributed by atoms with E-state index in [2.05, 4.69) is 20.0 Å². The lowest BCUT2D eigenvalue weighted by molar-refractivity contribution is 0.0939. The second-order valence-electron chi connectivity index (χ2n) is 5.40. The topological polar surface area (TPSA) is 64.7 Å². The first-order valence-corrected chi connectivity index (χ1v) is 6.92. The Morgan fingerprint density at radius 1 is 1.55 bits per heavy atom. The van der Waals surface area contributed by atoms with E-state index in [1.54, 1.807) is 4.68 Å². The van der Waals surface area contributed by atoms with Gasteiger partial charge in [-0.1, -0.05) is 0 Å². The Hall–Kier alpha value is -2.11. The Kier molecular flexibility index (Phi) is 3.30. The molecule has 2 aromatic rings. The third kappa shape index (κ3) is 2.45. The summed E-state index contributed by atoms with van der Waals surface area (Å²) in [5.74, 6) is 1.48. The van der Waals surface area contributed by atoms with Gasteiger partial charge in [-0.15, -0.1) is 0 Å². The summed E-state index contributed by atoms with van der Waals surface area (Å²) >= 11 is 0. The van der Waals surface area contributed by atoms with Crippen molar-refractivity contribution in [1.29, 1.82) is 0 Å². The van der Waals surface area contributed by atoms with Crippen molar-refractivity contribution in [3.63, 3.8) is 0 Å². The van der Waals surface area contributed by atoms with Gasteiger partial charge in [0.1, 0.15) is 11.5 Å². The van der Waals surface area contributed by atoms with Crippen LogP contribution in [0.2, 0.25) is 0 Å². The molecular formula is C14H19N5O. The van der Waals surface area contributed by atoms with Gasteiger partial charge < -0.3 is 9.88 Å². The quantitative estimate of drug-likeness (QED) is 0.904. The molecule has 0 spiro atoms. The number of imidazole rings is 1. The van der Waals surface area contributed by atoms with Crippen LogP contribution < -0.4 is 5.32 Å². The number of carbonyl (C=O) groups excluding carboxylic acids is 1. The van der Waals surface area contributed by atoms with Gasteiger partial charge in [0.25, 0.3) is 5.91 Å². The molecule has 1 aliphatic rings. The summed E-state index contributed by atoms with van der Waals surface area (Å²) in [7, 11) is 1.84. The summed E-state index contributed by atoms with van der Waals surface area (Å²) in [5.41, 5.74) is 1.47. The average Bonchev–Trinajstić information content (AvgIpc) is 3.03. The maximum atomic E-state index is 12.0. The molecule has 3 rings (SSSR count). The van der Waals surface area contributed by atoms with E-state index in [1.165, 1.54) is 0 Å². The maximum absolute atomic E-state index is 12.0. The van der Waals surface area contributed by atoms with Crippen LogP contribution >= 0.6 is 0 Å². The van der Waals surface area contributed by atoms with Gasteiger partial charge in [0.2, 0.25) is 0 Å². The van der Waals surface area contributed by atoms with E-state index in [1.807, 2.05) is 32.4 Å². The highest BCUT2D eigenvalue weighted by Gasteiger charge is 2.20. The van der Waals surface area contributed by atoms with Crippen molar-refractivity contribution in [1.82, 2.24) is 24.6 Å². The third-order valence-corrected chi connectivity index (χ3v) is 3.95. The number of nitrogens with one attached hydrogen (secondary N) is 1. The fourth-order valence-electron chi connectivity index (χ4n) is 2.59. The van der Waals surface area contributed by atoms with Crippen molar-refractivity contribution in [3.8, 4) is 0 Å². The van der Waals surface area contributed by atoms with Crippen LogP contribution in [-0.4, -0.2) is 31.8 Å². The van der Waals surface area contributed by atoms with Crippen LogP contribution in [0, 0.1) is 12.8 Å². The number of carbonyl (C=O) groups is 1. The van der Waals surface area contributed by atoms with Gasteiger partial charge in [-0.05, 0) is 25.3 Å². The summed E-state index contributed by atoms with van der Waals surface area (Å²) in [6.45, 7) is 3.60. The summed E-state index contributed by atoms with van der Waals surface area (Å²) in [6, 6.07) is 1.81. The summed E-state index contributed by atoms with van der Waals surface area (Å²) in [5, 5.41) is 7.17. The van der Waals surface area contributed by atoms with Crippen molar-refractivity contribution >= 4 is 5.91 Å². The molecule has 0 fully saturated rings. The molecule has 1 aliphatic heterocycles. The predicted molar refractivity (Wildman–Crippen MR) is 74.3 cm³/mol. The fraction of sp³-hybridized carbons (Fsp3) is 0.500. The van der Waals surface area contributed by atoms with Gasteiger partial charge >= 0.3 is 0 Å². The zero-order valence-electron chi connectivity index (χ0n) is 11.8. The largest absolute Gasteiger partial charge is 0.350 e. The van der Waals surface area contributed by atoms with E-state index < -0.39 is 0 Å². The number of amides is 1. The Balaban J connectivity index is 1.56. The first-order valence-electron chi connectivity index (χ1n) is 6.92. The molecule has 0 aliphatic carbocycles. The number of nitrogens with zero attached hydrogens (tertiary/aromatic N) is 4. The fourth-order valence-corrected chi connectivity index (χ4v) is 2.59. The molecule has 20 heavy (non-hydrogen) atoms. The lowest BCUT2D eigenvalue weighted by Crippen LogP contribution is -2.33. The van der Waals surface area contributed by atoms with E-state index in [9.17, 15) is 4.79 Å². The molecule has 0 radical (unpaired) electrons. The highest BCUT2D eigenvalue weighted by Crippen LogP contribution is 2.18. The summed E-state index contributed by atoms with van der Waals surface area (Å²) in [6.07, 6.45) is 5.85. The molecule has 1 amide bonds. The van der Waals surface area contributed by atoms with Gasteiger partial charge in [0, 0.05) is 44.6 Å². The minimum atomic E-state index is -0.0948. The Morgan fingerprint density at radius 3 is 3.15 bits per heavy atom. The van der Waals surface area contributed by atoms with Crippen LogP contribution in [-0.2, 0) is 20.0 Å².